The molecule has 4 rings (SSSR count). The van der Waals surface area contributed by atoms with E-state index in [1.165, 1.54) is 40.3 Å². The maximum absolute atomic E-state index is 14.5. The van der Waals surface area contributed by atoms with Crippen LogP contribution in [0.4, 0.5) is 18.0 Å². The van der Waals surface area contributed by atoms with Crippen molar-refractivity contribution in [2.24, 2.45) is 0 Å². The molecular weight excluding hydrogens is 509 g/mol. The molecule has 0 bridgehead atoms. The Bertz CT molecular complexity index is 1440. The summed E-state index contributed by atoms with van der Waals surface area (Å²) in [6, 6.07) is -3.00. The first-order valence-electron chi connectivity index (χ1n) is 11.4. The molecule has 2 amide bonds. The number of carbonyl (C=O) groups is 1. The zero-order chi connectivity index (χ0) is 27.6. The molecule has 0 spiro atoms. The molecule has 1 N–H and O–H groups in total. The molecule has 4 heterocycles. The Hall–Kier alpha value is -4.43. The van der Waals surface area contributed by atoms with Gasteiger partial charge in [0.05, 0.1) is 31.8 Å². The van der Waals surface area contributed by atoms with E-state index in [4.69, 9.17) is 14.0 Å². The molecule has 2 unspecified atom stereocenters. The second-order valence-electron chi connectivity index (χ2n) is 8.18. The Morgan fingerprint density at radius 2 is 2.00 bits per heavy atom. The number of rotatable bonds is 8. The van der Waals surface area contributed by atoms with E-state index >= 15 is 0 Å². The van der Waals surface area contributed by atoms with Gasteiger partial charge in [-0.3, -0.25) is 4.98 Å². The van der Waals surface area contributed by atoms with Crippen molar-refractivity contribution < 1.29 is 32.0 Å². The number of halogens is 3. The summed E-state index contributed by atoms with van der Waals surface area (Å²) in [5, 5.41) is 6.12. The first-order valence-corrected chi connectivity index (χ1v) is 11.4. The fourth-order valence-electron chi connectivity index (χ4n) is 3.91. The first kappa shape index (κ1) is 26.6. The molecule has 0 radical (unpaired) electrons. The summed E-state index contributed by atoms with van der Waals surface area (Å²) < 4.78 is 60.8. The quantitative estimate of drug-likeness (QED) is 0.357. The number of carbonyl (C=O) groups excluding carboxylic acids is 1. The Kier molecular flexibility index (Phi) is 7.37. The van der Waals surface area contributed by atoms with Crippen LogP contribution in [0, 0.1) is 6.92 Å². The van der Waals surface area contributed by atoms with Gasteiger partial charge in [-0.1, -0.05) is 5.16 Å². The summed E-state index contributed by atoms with van der Waals surface area (Å²) in [6.07, 6.45) is 1.05. The third kappa shape index (κ3) is 5.17. The van der Waals surface area contributed by atoms with E-state index in [-0.39, 0.29) is 35.3 Å². The highest BCUT2D eigenvalue weighted by Gasteiger charge is 2.47. The number of nitrogens with zero attached hydrogens (tertiary/aromatic N) is 7. The molecule has 0 saturated heterocycles. The number of pyridine rings is 1. The molecule has 0 aromatic carbocycles. The number of amides is 2. The topological polar surface area (TPSA) is 133 Å². The van der Waals surface area contributed by atoms with Gasteiger partial charge in [-0.2, -0.15) is 18.2 Å². The van der Waals surface area contributed by atoms with Crippen LogP contribution < -0.4 is 14.8 Å². The standard InChI is InChI=1S/C23H25F3N8O4/c1-6-34(22(35)29-12(2)20-30-13(3)32-38-20)18(23(24,25)26)15-9-14(17(36-4)10-28-15)16-11-33-8-7-27-19(33)21(31-16)37-5/h7-12,18H,6H2,1-5H3,(H,29,35). The fraction of sp³-hybridized carbons (Fsp3) is 0.391. The minimum Gasteiger partial charge on any atom is -0.494 e. The zero-order valence-corrected chi connectivity index (χ0v) is 21.1. The van der Waals surface area contributed by atoms with Crippen LogP contribution in [0.15, 0.2) is 35.4 Å². The lowest BCUT2D eigenvalue weighted by molar-refractivity contribution is -0.179. The van der Waals surface area contributed by atoms with Crippen LogP contribution in [0.25, 0.3) is 16.9 Å². The highest BCUT2D eigenvalue weighted by atomic mass is 19.4. The van der Waals surface area contributed by atoms with Crippen LogP contribution in [-0.2, 0) is 0 Å². The molecule has 4 aromatic rings. The van der Waals surface area contributed by atoms with Gasteiger partial charge >= 0.3 is 12.2 Å². The minimum absolute atomic E-state index is 0.0650. The van der Waals surface area contributed by atoms with Crippen LogP contribution >= 0.6 is 0 Å². The van der Waals surface area contributed by atoms with E-state index in [0.29, 0.717) is 16.4 Å². The predicted molar refractivity (Wildman–Crippen MR) is 126 cm³/mol. The molecule has 4 aromatic heterocycles. The van der Waals surface area contributed by atoms with Gasteiger partial charge in [0.15, 0.2) is 17.5 Å². The average molecular weight is 534 g/mol. The summed E-state index contributed by atoms with van der Waals surface area (Å²) in [5.41, 5.74) is 0.462. The van der Waals surface area contributed by atoms with E-state index in [9.17, 15) is 18.0 Å². The van der Waals surface area contributed by atoms with Crippen molar-refractivity contribution in [3.63, 3.8) is 0 Å². The largest absolute Gasteiger partial charge is 0.494 e. The van der Waals surface area contributed by atoms with E-state index in [1.54, 1.807) is 23.7 Å². The molecule has 15 heteroatoms. The molecule has 0 aliphatic heterocycles. The minimum atomic E-state index is -4.87. The number of alkyl halides is 3. The number of hydrogen-bond donors (Lipinski definition) is 1. The second kappa shape index (κ2) is 10.5. The Morgan fingerprint density at radius 1 is 1.24 bits per heavy atom. The Morgan fingerprint density at radius 3 is 2.61 bits per heavy atom. The molecule has 2 atom stereocenters. The number of hydrogen-bond acceptors (Lipinski definition) is 9. The third-order valence-corrected chi connectivity index (χ3v) is 5.68. The van der Waals surface area contributed by atoms with E-state index in [0.717, 1.165) is 6.20 Å². The van der Waals surface area contributed by atoms with Crippen LogP contribution in [0.1, 0.15) is 43.3 Å². The van der Waals surface area contributed by atoms with Crippen LogP contribution in [0.2, 0.25) is 0 Å². The number of aryl methyl sites for hydroxylation is 1. The van der Waals surface area contributed by atoms with Crippen LogP contribution in [0.5, 0.6) is 11.6 Å². The molecule has 38 heavy (non-hydrogen) atoms. The van der Waals surface area contributed by atoms with E-state index in [1.807, 2.05) is 0 Å². The Balaban J connectivity index is 1.75. The number of methoxy groups -OCH3 is 2. The summed E-state index contributed by atoms with van der Waals surface area (Å²) in [4.78, 5) is 30.2. The highest BCUT2D eigenvalue weighted by Crippen LogP contribution is 2.40. The number of aromatic nitrogens is 6. The normalized spacial score (nSPS) is 13.3. The summed E-state index contributed by atoms with van der Waals surface area (Å²) in [5.74, 6) is 0.739. The number of nitrogens with one attached hydrogen (secondary N) is 1. The van der Waals surface area contributed by atoms with E-state index in [2.05, 4.69) is 30.4 Å². The van der Waals surface area contributed by atoms with Gasteiger partial charge in [0.1, 0.15) is 11.8 Å². The lowest BCUT2D eigenvalue weighted by Crippen LogP contribution is -2.48. The third-order valence-electron chi connectivity index (χ3n) is 5.68. The van der Waals surface area contributed by atoms with Crippen molar-refractivity contribution in [1.82, 2.24) is 39.7 Å². The molecule has 12 nitrogen and oxygen atoms in total. The van der Waals surface area contributed by atoms with Crippen LogP contribution in [0.3, 0.4) is 0 Å². The van der Waals surface area contributed by atoms with Crippen molar-refractivity contribution in [3.05, 3.63) is 48.3 Å². The molecule has 0 aliphatic carbocycles. The second-order valence-corrected chi connectivity index (χ2v) is 8.18. The smallest absolute Gasteiger partial charge is 0.414 e. The van der Waals surface area contributed by atoms with Crippen LogP contribution in [-0.4, -0.2) is 67.4 Å². The Labute approximate surface area is 214 Å². The number of imidazole rings is 1. The van der Waals surface area contributed by atoms with Crippen molar-refractivity contribution in [3.8, 4) is 22.9 Å². The zero-order valence-electron chi connectivity index (χ0n) is 21.1. The van der Waals surface area contributed by atoms with Gasteiger partial charge in [-0.05, 0) is 26.8 Å². The maximum Gasteiger partial charge on any atom is 0.414 e. The molecule has 202 valence electrons. The number of fused-ring (bicyclic) bond motifs is 1. The van der Waals surface area contributed by atoms with Gasteiger partial charge in [0, 0.05) is 30.7 Å². The molecule has 0 saturated carbocycles. The summed E-state index contributed by atoms with van der Waals surface area (Å²) in [6.45, 7) is 4.27. The van der Waals surface area contributed by atoms with Gasteiger partial charge in [0.25, 0.3) is 5.88 Å². The summed E-state index contributed by atoms with van der Waals surface area (Å²) >= 11 is 0. The molecular formula is C23H25F3N8O4. The van der Waals surface area contributed by atoms with Gasteiger partial charge in [0.2, 0.25) is 5.89 Å². The predicted octanol–water partition coefficient (Wildman–Crippen LogP) is 3.90. The lowest BCUT2D eigenvalue weighted by Gasteiger charge is -2.32. The number of urea groups is 1. The highest BCUT2D eigenvalue weighted by molar-refractivity contribution is 5.75. The summed E-state index contributed by atoms with van der Waals surface area (Å²) in [7, 11) is 2.77. The van der Waals surface area contributed by atoms with Crippen molar-refractivity contribution in [2.75, 3.05) is 20.8 Å². The lowest BCUT2D eigenvalue weighted by atomic mass is 10.1. The van der Waals surface area contributed by atoms with Gasteiger partial charge in [-0.15, -0.1) is 0 Å². The first-order chi connectivity index (χ1) is 18.1. The average Bonchev–Trinajstić information content (AvgIpc) is 3.54. The SMILES string of the molecule is CCN(C(=O)NC(C)c1nc(C)no1)C(c1cc(-c2cn3ccnc3c(OC)n2)c(OC)cn1)C(F)(F)F. The van der Waals surface area contributed by atoms with E-state index < -0.39 is 30.0 Å². The molecule has 0 fully saturated rings. The fourth-order valence-corrected chi connectivity index (χ4v) is 3.91. The molecule has 0 aliphatic rings. The van der Waals surface area contributed by atoms with Crippen molar-refractivity contribution in [1.29, 1.82) is 0 Å². The maximum atomic E-state index is 14.5. The van der Waals surface area contributed by atoms with Gasteiger partial charge < -0.3 is 28.6 Å². The van der Waals surface area contributed by atoms with Crippen molar-refractivity contribution >= 4 is 11.7 Å². The van der Waals surface area contributed by atoms with Crippen molar-refractivity contribution in [2.45, 2.75) is 39.0 Å². The monoisotopic (exact) mass is 534 g/mol. The number of ether oxygens (including phenoxy) is 2. The van der Waals surface area contributed by atoms with Gasteiger partial charge in [-0.25, -0.2) is 14.8 Å².